The molecule has 2 N–H and O–H groups in total. The molecule has 3 heterocycles. The van der Waals surface area contributed by atoms with Crippen molar-refractivity contribution in [2.75, 3.05) is 11.9 Å². The summed E-state index contributed by atoms with van der Waals surface area (Å²) < 4.78 is 39.5. The van der Waals surface area contributed by atoms with Crippen molar-refractivity contribution in [1.29, 1.82) is 0 Å². The smallest absolute Gasteiger partial charge is 0.345 e. The first kappa shape index (κ1) is 22.5. The van der Waals surface area contributed by atoms with Crippen LogP contribution in [-0.4, -0.2) is 51.2 Å². The quantitative estimate of drug-likeness (QED) is 0.598. The summed E-state index contributed by atoms with van der Waals surface area (Å²) >= 11 is 0. The number of aromatic nitrogens is 2. The van der Waals surface area contributed by atoms with E-state index in [2.05, 4.69) is 20.6 Å². The molecule has 178 valence electrons. The summed E-state index contributed by atoms with van der Waals surface area (Å²) in [6.45, 7) is 0.218. The monoisotopic (exact) mass is 481 g/mol. The fraction of sp³-hybridized carbons (Fsp3) is 0.208. The molecular weight excluding hydrogens is 463 g/mol. The van der Waals surface area contributed by atoms with Gasteiger partial charge >= 0.3 is 6.18 Å². The molecule has 5 rings (SSSR count). The van der Waals surface area contributed by atoms with Gasteiger partial charge in [-0.1, -0.05) is 18.2 Å². The molecule has 35 heavy (non-hydrogen) atoms. The van der Waals surface area contributed by atoms with Crippen molar-refractivity contribution < 1.29 is 27.6 Å². The van der Waals surface area contributed by atoms with Crippen LogP contribution < -0.4 is 10.6 Å². The molecule has 3 aromatic rings. The number of rotatable bonds is 3. The number of hydrogen-bond acceptors (Lipinski definition) is 5. The van der Waals surface area contributed by atoms with Crippen LogP contribution in [0.4, 0.5) is 18.9 Å². The molecule has 2 atom stereocenters. The Morgan fingerprint density at radius 2 is 1.89 bits per heavy atom. The number of nitrogens with zero attached hydrogens (tertiary/aromatic N) is 3. The van der Waals surface area contributed by atoms with E-state index in [0.717, 1.165) is 12.1 Å². The van der Waals surface area contributed by atoms with Gasteiger partial charge in [0.1, 0.15) is 11.7 Å². The van der Waals surface area contributed by atoms with Crippen LogP contribution in [0, 0.1) is 0 Å². The van der Waals surface area contributed by atoms with Gasteiger partial charge in [0.15, 0.2) is 0 Å². The van der Waals surface area contributed by atoms with Crippen LogP contribution in [0.25, 0.3) is 11.1 Å². The fourth-order valence-corrected chi connectivity index (χ4v) is 4.40. The normalized spacial score (nSPS) is 19.5. The standard InChI is InChI=1S/C24H18F3N5O3/c25-24(26,27)15-3-1-2-13(10-15)14-4-5-17-16(11-14)23(35)32-9-6-18(20(32)22(34)30-17)31-21(33)19-12-28-7-8-29-19/h1-5,7-8,10-12,18,20H,6,9H2,(H,30,34)(H,31,33)/t18-,20-/m0/s1. The third-order valence-corrected chi connectivity index (χ3v) is 6.07. The van der Waals surface area contributed by atoms with Gasteiger partial charge < -0.3 is 15.5 Å². The minimum Gasteiger partial charge on any atom is -0.345 e. The predicted molar refractivity (Wildman–Crippen MR) is 118 cm³/mol. The molecule has 2 aromatic carbocycles. The largest absolute Gasteiger partial charge is 0.416 e. The summed E-state index contributed by atoms with van der Waals surface area (Å²) in [5, 5.41) is 5.48. The van der Waals surface area contributed by atoms with Gasteiger partial charge in [0.25, 0.3) is 11.8 Å². The summed E-state index contributed by atoms with van der Waals surface area (Å²) in [6, 6.07) is 7.73. The lowest BCUT2D eigenvalue weighted by molar-refractivity contribution is -0.137. The molecule has 1 aromatic heterocycles. The predicted octanol–water partition coefficient (Wildman–Crippen LogP) is 3.13. The van der Waals surface area contributed by atoms with E-state index in [-0.39, 0.29) is 29.1 Å². The number of nitrogens with one attached hydrogen (secondary N) is 2. The lowest BCUT2D eigenvalue weighted by atomic mass is 9.99. The van der Waals surface area contributed by atoms with Crippen LogP contribution in [0.15, 0.2) is 61.1 Å². The Kier molecular flexibility index (Phi) is 5.46. The Hall–Kier alpha value is -4.28. The van der Waals surface area contributed by atoms with E-state index in [4.69, 9.17) is 0 Å². The summed E-state index contributed by atoms with van der Waals surface area (Å²) in [5.74, 6) is -1.43. The third-order valence-electron chi connectivity index (χ3n) is 6.07. The Labute approximate surface area is 197 Å². The second-order valence-electron chi connectivity index (χ2n) is 8.23. The zero-order valence-corrected chi connectivity index (χ0v) is 18.0. The maximum atomic E-state index is 13.4. The van der Waals surface area contributed by atoms with Crippen LogP contribution in [0.1, 0.15) is 32.8 Å². The van der Waals surface area contributed by atoms with Crippen molar-refractivity contribution >= 4 is 23.4 Å². The molecular formula is C24H18F3N5O3. The van der Waals surface area contributed by atoms with Crippen molar-refractivity contribution in [2.45, 2.75) is 24.7 Å². The van der Waals surface area contributed by atoms with E-state index in [1.54, 1.807) is 6.07 Å². The third kappa shape index (κ3) is 4.20. The Morgan fingerprint density at radius 1 is 1.09 bits per heavy atom. The Morgan fingerprint density at radius 3 is 2.63 bits per heavy atom. The van der Waals surface area contributed by atoms with Crippen molar-refractivity contribution in [1.82, 2.24) is 20.2 Å². The van der Waals surface area contributed by atoms with Crippen molar-refractivity contribution in [3.63, 3.8) is 0 Å². The van der Waals surface area contributed by atoms with Gasteiger partial charge in [0, 0.05) is 18.9 Å². The number of carbonyl (C=O) groups excluding carboxylic acids is 3. The van der Waals surface area contributed by atoms with Gasteiger partial charge in [-0.25, -0.2) is 4.98 Å². The summed E-state index contributed by atoms with van der Waals surface area (Å²) in [7, 11) is 0. The van der Waals surface area contributed by atoms with Crippen molar-refractivity contribution in [3.05, 3.63) is 77.9 Å². The van der Waals surface area contributed by atoms with Gasteiger partial charge in [0.2, 0.25) is 5.91 Å². The number of halogens is 3. The van der Waals surface area contributed by atoms with Crippen LogP contribution in [0.5, 0.6) is 0 Å². The van der Waals surface area contributed by atoms with Gasteiger partial charge in [-0.05, 0) is 41.8 Å². The summed E-state index contributed by atoms with van der Waals surface area (Å²) in [5.41, 5.74) is 0.396. The molecule has 8 nitrogen and oxygen atoms in total. The first-order chi connectivity index (χ1) is 16.7. The number of alkyl halides is 3. The van der Waals surface area contributed by atoms with Gasteiger partial charge in [-0.2, -0.15) is 13.2 Å². The fourth-order valence-electron chi connectivity index (χ4n) is 4.40. The number of anilines is 1. The zero-order valence-electron chi connectivity index (χ0n) is 18.0. The molecule has 1 fully saturated rings. The maximum Gasteiger partial charge on any atom is 0.416 e. The molecule has 1 saturated heterocycles. The Bertz CT molecular complexity index is 1330. The second-order valence-corrected chi connectivity index (χ2v) is 8.23. The van der Waals surface area contributed by atoms with Crippen LogP contribution in [-0.2, 0) is 11.0 Å². The average Bonchev–Trinajstić information content (AvgIpc) is 3.23. The topological polar surface area (TPSA) is 104 Å². The highest BCUT2D eigenvalue weighted by atomic mass is 19.4. The van der Waals surface area contributed by atoms with Crippen LogP contribution in [0.2, 0.25) is 0 Å². The van der Waals surface area contributed by atoms with E-state index in [1.165, 1.54) is 47.8 Å². The molecule has 2 aliphatic heterocycles. The van der Waals surface area contributed by atoms with Gasteiger partial charge in [0.05, 0.1) is 29.1 Å². The number of hydrogen-bond donors (Lipinski definition) is 2. The van der Waals surface area contributed by atoms with E-state index in [1.807, 2.05) is 0 Å². The van der Waals surface area contributed by atoms with Crippen LogP contribution in [0.3, 0.4) is 0 Å². The highest BCUT2D eigenvalue weighted by Crippen LogP contribution is 2.35. The van der Waals surface area contributed by atoms with E-state index < -0.39 is 41.5 Å². The molecule has 0 bridgehead atoms. The molecule has 3 amide bonds. The van der Waals surface area contributed by atoms with Crippen molar-refractivity contribution in [3.8, 4) is 11.1 Å². The summed E-state index contributed by atoms with van der Waals surface area (Å²) in [6.07, 6.45) is -0.0597. The average molecular weight is 481 g/mol. The maximum absolute atomic E-state index is 13.4. The number of fused-ring (bicyclic) bond motifs is 2. The van der Waals surface area contributed by atoms with E-state index >= 15 is 0 Å². The molecule has 0 unspecified atom stereocenters. The number of benzene rings is 2. The van der Waals surface area contributed by atoms with Crippen LogP contribution >= 0.6 is 0 Å². The van der Waals surface area contributed by atoms with Crippen molar-refractivity contribution in [2.24, 2.45) is 0 Å². The molecule has 0 spiro atoms. The lowest BCUT2D eigenvalue weighted by Crippen LogP contribution is -2.51. The van der Waals surface area contributed by atoms with Gasteiger partial charge in [-0.15, -0.1) is 0 Å². The van der Waals surface area contributed by atoms with E-state index in [0.29, 0.717) is 12.0 Å². The molecule has 0 saturated carbocycles. The molecule has 11 heteroatoms. The number of amides is 3. The van der Waals surface area contributed by atoms with E-state index in [9.17, 15) is 27.6 Å². The lowest BCUT2D eigenvalue weighted by Gasteiger charge is -2.24. The molecule has 0 radical (unpaired) electrons. The van der Waals surface area contributed by atoms with Gasteiger partial charge in [-0.3, -0.25) is 19.4 Å². The first-order valence-corrected chi connectivity index (χ1v) is 10.7. The highest BCUT2D eigenvalue weighted by Gasteiger charge is 2.45. The Balaban J connectivity index is 1.43. The minimum absolute atomic E-state index is 0.0836. The SMILES string of the molecule is O=C(N[C@H]1CCN2C(=O)c3cc(-c4cccc(C(F)(F)F)c4)ccc3NC(=O)[C@H]12)c1cnccn1. The second kappa shape index (κ2) is 8.49. The zero-order chi connectivity index (χ0) is 24.7. The summed E-state index contributed by atoms with van der Waals surface area (Å²) in [4.78, 5) is 48.1. The molecule has 0 aliphatic carbocycles. The minimum atomic E-state index is -4.50. The number of carbonyl (C=O) groups is 3. The highest BCUT2D eigenvalue weighted by molar-refractivity contribution is 6.11. The first-order valence-electron chi connectivity index (χ1n) is 10.7. The molecule has 2 aliphatic rings.